The first-order chi connectivity index (χ1) is 7.61. The molecule has 0 spiro atoms. The highest BCUT2D eigenvalue weighted by atomic mass is 32.2. The van der Waals surface area contributed by atoms with Crippen LogP contribution in [0, 0.1) is 6.92 Å². The van der Waals surface area contributed by atoms with E-state index in [1.165, 1.54) is 11.3 Å². The van der Waals surface area contributed by atoms with Crippen LogP contribution in [0.15, 0.2) is 43.5 Å². The summed E-state index contributed by atoms with van der Waals surface area (Å²) in [5.41, 5.74) is 2.28. The first-order valence-electron chi connectivity index (χ1n) is 4.72. The molecule has 1 nitrogen and oxygen atoms in total. The Morgan fingerprint density at radius 1 is 1.06 bits per heavy atom. The minimum atomic E-state index is 0.0138. The fraction of sp³-hybridized carbons (Fsp3) is 0.0833. The Labute approximate surface area is 109 Å². The zero-order chi connectivity index (χ0) is 11.7. The molecule has 2 aromatic rings. The molecule has 0 aliphatic heterocycles. The Balaban J connectivity index is 2.77. The normalized spacial score (nSPS) is 10.4. The van der Waals surface area contributed by atoms with Crippen LogP contribution < -0.4 is 5.43 Å². The molecule has 0 N–H and O–H groups in total. The van der Waals surface area contributed by atoms with Gasteiger partial charge in [-0.05, 0) is 12.5 Å². The van der Waals surface area contributed by atoms with Crippen molar-refractivity contribution in [2.45, 2.75) is 15.3 Å². The molecule has 4 heteroatoms. The summed E-state index contributed by atoms with van der Waals surface area (Å²) in [4.78, 5) is 12.1. The average Bonchev–Trinajstić information content (AvgIpc) is 2.28. The Kier molecular flexibility index (Phi) is 3.42. The maximum Gasteiger partial charge on any atom is 0.193 e. The molecule has 0 amide bonds. The summed E-state index contributed by atoms with van der Waals surface area (Å²) in [6.45, 7) is 1.79. The highest BCUT2D eigenvalue weighted by Gasteiger charge is 2.12. The van der Waals surface area contributed by atoms with E-state index in [-0.39, 0.29) is 5.43 Å². The van der Waals surface area contributed by atoms with Gasteiger partial charge in [0.15, 0.2) is 5.43 Å². The highest BCUT2D eigenvalue weighted by Crippen LogP contribution is 2.31. The van der Waals surface area contributed by atoms with Crippen LogP contribution in [0.2, 0.25) is 0 Å². The van der Waals surface area contributed by atoms with Crippen molar-refractivity contribution < 1.29 is 0 Å². The van der Waals surface area contributed by atoms with Gasteiger partial charge in [0, 0.05) is 5.56 Å². The molecule has 2 rings (SSSR count). The van der Waals surface area contributed by atoms with Crippen molar-refractivity contribution in [3.05, 3.63) is 46.1 Å². The van der Waals surface area contributed by atoms with Crippen LogP contribution in [0.25, 0.3) is 11.1 Å². The van der Waals surface area contributed by atoms with Gasteiger partial charge in [-0.25, -0.2) is 0 Å². The summed E-state index contributed by atoms with van der Waals surface area (Å²) in [6.07, 6.45) is 0. The topological polar surface area (TPSA) is 17.1 Å². The minimum absolute atomic E-state index is 0.0138. The van der Waals surface area contributed by atoms with E-state index in [9.17, 15) is 4.79 Å². The molecule has 0 atom stereocenters. The molecule has 0 saturated carbocycles. The van der Waals surface area contributed by atoms with E-state index in [4.69, 9.17) is 0 Å². The number of thiol groups is 2. The SMILES string of the molecule is Cc1c(S)sc(S)c(-c2ccccc2)c1=O. The summed E-state index contributed by atoms with van der Waals surface area (Å²) in [7, 11) is 0. The van der Waals surface area contributed by atoms with E-state index in [0.717, 1.165) is 9.77 Å². The molecule has 1 heterocycles. The van der Waals surface area contributed by atoms with E-state index >= 15 is 0 Å². The van der Waals surface area contributed by atoms with Crippen molar-refractivity contribution in [2.75, 3.05) is 0 Å². The predicted octanol–water partition coefficient (Wildman–Crippen LogP) is 3.66. The quantitative estimate of drug-likeness (QED) is 0.753. The molecular weight excluding hydrogens is 256 g/mol. The van der Waals surface area contributed by atoms with E-state index in [1.54, 1.807) is 6.92 Å². The van der Waals surface area contributed by atoms with Gasteiger partial charge in [0.05, 0.1) is 14.0 Å². The van der Waals surface area contributed by atoms with Gasteiger partial charge in [0.2, 0.25) is 0 Å². The average molecular weight is 266 g/mol. The molecule has 0 aliphatic carbocycles. The first-order valence-corrected chi connectivity index (χ1v) is 6.43. The second-order valence-electron chi connectivity index (χ2n) is 3.41. The lowest BCUT2D eigenvalue weighted by molar-refractivity contribution is 1.32. The number of hydrogen-bond donors (Lipinski definition) is 2. The van der Waals surface area contributed by atoms with Gasteiger partial charge in [0.1, 0.15) is 0 Å². The molecule has 82 valence electrons. The molecule has 0 radical (unpaired) electrons. The summed E-state index contributed by atoms with van der Waals surface area (Å²) < 4.78 is 1.45. The summed E-state index contributed by atoms with van der Waals surface area (Å²) in [6, 6.07) is 9.59. The lowest BCUT2D eigenvalue weighted by Crippen LogP contribution is -2.08. The zero-order valence-electron chi connectivity index (χ0n) is 8.60. The van der Waals surface area contributed by atoms with Crippen LogP contribution in [0.1, 0.15) is 5.56 Å². The fourth-order valence-electron chi connectivity index (χ4n) is 1.46. The number of rotatable bonds is 1. The third-order valence-corrected chi connectivity index (χ3v) is 4.36. The summed E-state index contributed by atoms with van der Waals surface area (Å²) >= 11 is 10.1. The van der Waals surface area contributed by atoms with Crippen molar-refractivity contribution in [1.82, 2.24) is 0 Å². The number of benzene rings is 1. The molecule has 0 fully saturated rings. The van der Waals surface area contributed by atoms with Crippen molar-refractivity contribution in [1.29, 1.82) is 0 Å². The van der Waals surface area contributed by atoms with E-state index < -0.39 is 0 Å². The smallest absolute Gasteiger partial charge is 0.193 e. The minimum Gasteiger partial charge on any atom is -0.289 e. The molecular formula is C12H10OS3. The van der Waals surface area contributed by atoms with Crippen LogP contribution in [0.4, 0.5) is 0 Å². The Bertz CT molecular complexity index is 573. The Morgan fingerprint density at radius 2 is 1.69 bits per heavy atom. The van der Waals surface area contributed by atoms with Crippen molar-refractivity contribution in [3.63, 3.8) is 0 Å². The van der Waals surface area contributed by atoms with Gasteiger partial charge in [-0.15, -0.1) is 36.6 Å². The molecule has 0 aliphatic rings. The van der Waals surface area contributed by atoms with Crippen molar-refractivity contribution in [2.24, 2.45) is 0 Å². The Hall–Kier alpha value is -0.710. The van der Waals surface area contributed by atoms with Gasteiger partial charge < -0.3 is 0 Å². The second-order valence-corrected chi connectivity index (χ2v) is 5.93. The maximum atomic E-state index is 12.1. The third kappa shape index (κ3) is 2.05. The van der Waals surface area contributed by atoms with Gasteiger partial charge >= 0.3 is 0 Å². The van der Waals surface area contributed by atoms with Crippen LogP contribution >= 0.6 is 36.6 Å². The van der Waals surface area contributed by atoms with Crippen molar-refractivity contribution in [3.8, 4) is 11.1 Å². The summed E-state index contributed by atoms with van der Waals surface area (Å²) in [5, 5.41) is 0. The van der Waals surface area contributed by atoms with E-state index in [1.807, 2.05) is 30.3 Å². The van der Waals surface area contributed by atoms with Gasteiger partial charge in [0.25, 0.3) is 0 Å². The van der Waals surface area contributed by atoms with E-state index in [2.05, 4.69) is 25.3 Å². The fourth-order valence-corrected chi connectivity index (χ4v) is 3.30. The lowest BCUT2D eigenvalue weighted by Gasteiger charge is -2.06. The monoisotopic (exact) mass is 266 g/mol. The maximum absolute atomic E-state index is 12.1. The molecule has 0 bridgehead atoms. The lowest BCUT2D eigenvalue weighted by atomic mass is 10.1. The third-order valence-electron chi connectivity index (χ3n) is 2.36. The highest BCUT2D eigenvalue weighted by molar-refractivity contribution is 7.85. The molecule has 1 aromatic heterocycles. The first kappa shape index (κ1) is 11.8. The molecule has 1 aromatic carbocycles. The molecule has 0 unspecified atom stereocenters. The standard InChI is InChI=1S/C12H10OS3/c1-7-10(13)9(12(15)16-11(7)14)8-5-3-2-4-6-8/h2-6,14-15H,1H3. The predicted molar refractivity (Wildman–Crippen MR) is 75.3 cm³/mol. The molecule has 16 heavy (non-hydrogen) atoms. The zero-order valence-corrected chi connectivity index (χ0v) is 11.2. The van der Waals surface area contributed by atoms with Gasteiger partial charge in [-0.2, -0.15) is 0 Å². The van der Waals surface area contributed by atoms with Gasteiger partial charge in [-0.3, -0.25) is 4.79 Å². The molecule has 0 saturated heterocycles. The number of hydrogen-bond acceptors (Lipinski definition) is 4. The van der Waals surface area contributed by atoms with Crippen LogP contribution in [0.5, 0.6) is 0 Å². The van der Waals surface area contributed by atoms with E-state index in [0.29, 0.717) is 15.3 Å². The van der Waals surface area contributed by atoms with Gasteiger partial charge in [-0.1, -0.05) is 30.3 Å². The second kappa shape index (κ2) is 4.65. The Morgan fingerprint density at radius 3 is 2.31 bits per heavy atom. The van der Waals surface area contributed by atoms with Crippen molar-refractivity contribution >= 4 is 36.6 Å². The van der Waals surface area contributed by atoms with Crippen LogP contribution in [-0.4, -0.2) is 0 Å². The van der Waals surface area contributed by atoms with Crippen LogP contribution in [-0.2, 0) is 0 Å². The largest absolute Gasteiger partial charge is 0.289 e. The van der Waals surface area contributed by atoms with Crippen LogP contribution in [0.3, 0.4) is 0 Å². The summed E-state index contributed by atoms with van der Waals surface area (Å²) in [5.74, 6) is 0.